The molecule has 0 aromatic carbocycles. The van der Waals surface area contributed by atoms with Crippen molar-refractivity contribution >= 4 is 5.65 Å². The maximum Gasteiger partial charge on any atom is 0.137 e. The molecule has 1 unspecified atom stereocenters. The van der Waals surface area contributed by atoms with Crippen molar-refractivity contribution in [1.29, 1.82) is 0 Å². The Kier molecular flexibility index (Phi) is 3.76. The summed E-state index contributed by atoms with van der Waals surface area (Å²) in [6.07, 6.45) is 2.05. The predicted molar refractivity (Wildman–Crippen MR) is 68.1 cm³/mol. The summed E-state index contributed by atoms with van der Waals surface area (Å²) < 4.78 is 7.23. The van der Waals surface area contributed by atoms with Crippen LogP contribution in [0.1, 0.15) is 18.3 Å². The number of nitrogens with zero attached hydrogens (tertiary/aromatic N) is 2. The summed E-state index contributed by atoms with van der Waals surface area (Å²) in [5.74, 6) is 0. The fourth-order valence-corrected chi connectivity index (χ4v) is 1.96. The molecule has 0 saturated carbocycles. The van der Waals surface area contributed by atoms with Gasteiger partial charge in [0.25, 0.3) is 0 Å². The van der Waals surface area contributed by atoms with Crippen molar-refractivity contribution in [3.8, 4) is 0 Å². The Bertz CT molecular complexity index is 492. The molecule has 0 fully saturated rings. The Morgan fingerprint density at radius 1 is 1.47 bits per heavy atom. The summed E-state index contributed by atoms with van der Waals surface area (Å²) in [4.78, 5) is 4.53. The van der Waals surface area contributed by atoms with E-state index in [1.807, 2.05) is 31.3 Å². The molecule has 2 heterocycles. The number of aromatic nitrogens is 2. The molecule has 4 nitrogen and oxygen atoms in total. The minimum absolute atomic E-state index is 0.341. The van der Waals surface area contributed by atoms with Crippen molar-refractivity contribution in [2.75, 3.05) is 13.7 Å². The maximum atomic E-state index is 5.11. The van der Waals surface area contributed by atoms with Gasteiger partial charge in [0.05, 0.1) is 18.0 Å². The van der Waals surface area contributed by atoms with E-state index in [9.17, 15) is 0 Å². The number of pyridine rings is 1. The molecule has 0 aliphatic carbocycles. The standard InChI is InChI=1S/C13H19N3O/c1-10(9-17-3)14-8-12-11(2)15-13-6-4-5-7-16(12)13/h4-7,10,14H,8-9H2,1-3H3. The third kappa shape index (κ3) is 2.65. The number of aryl methyl sites for hydroxylation is 1. The monoisotopic (exact) mass is 233 g/mol. The first kappa shape index (κ1) is 12.1. The van der Waals surface area contributed by atoms with Crippen LogP contribution in [0.2, 0.25) is 0 Å². The third-order valence-corrected chi connectivity index (χ3v) is 2.86. The lowest BCUT2D eigenvalue weighted by Gasteiger charge is -2.12. The smallest absolute Gasteiger partial charge is 0.137 e. The third-order valence-electron chi connectivity index (χ3n) is 2.86. The van der Waals surface area contributed by atoms with E-state index in [0.29, 0.717) is 6.04 Å². The number of hydrogen-bond donors (Lipinski definition) is 1. The number of ether oxygens (including phenoxy) is 1. The zero-order valence-electron chi connectivity index (χ0n) is 10.6. The zero-order valence-corrected chi connectivity index (χ0v) is 10.6. The number of hydrogen-bond acceptors (Lipinski definition) is 3. The van der Waals surface area contributed by atoms with E-state index in [2.05, 4.69) is 21.6 Å². The normalized spacial score (nSPS) is 13.1. The van der Waals surface area contributed by atoms with Gasteiger partial charge in [-0.25, -0.2) is 4.98 Å². The second-order valence-electron chi connectivity index (χ2n) is 4.31. The van der Waals surface area contributed by atoms with Crippen LogP contribution in [0.4, 0.5) is 0 Å². The van der Waals surface area contributed by atoms with Crippen LogP contribution in [0, 0.1) is 6.92 Å². The summed E-state index contributed by atoms with van der Waals surface area (Å²) >= 11 is 0. The van der Waals surface area contributed by atoms with Gasteiger partial charge in [0.1, 0.15) is 5.65 Å². The highest BCUT2D eigenvalue weighted by Gasteiger charge is 2.09. The molecule has 0 spiro atoms. The molecule has 2 rings (SSSR count). The molecule has 2 aromatic heterocycles. The second-order valence-corrected chi connectivity index (χ2v) is 4.31. The van der Waals surface area contributed by atoms with Crippen LogP contribution in [-0.4, -0.2) is 29.1 Å². The molecule has 0 amide bonds. The average Bonchev–Trinajstić information content (AvgIpc) is 2.62. The topological polar surface area (TPSA) is 38.6 Å². The fourth-order valence-electron chi connectivity index (χ4n) is 1.96. The SMILES string of the molecule is COCC(C)NCc1c(C)nc2ccccn12. The molecule has 4 heteroatoms. The van der Waals surface area contributed by atoms with Gasteiger partial charge in [-0.05, 0) is 26.0 Å². The summed E-state index contributed by atoms with van der Waals surface area (Å²) in [7, 11) is 1.72. The van der Waals surface area contributed by atoms with Gasteiger partial charge in [0.15, 0.2) is 0 Å². The lowest BCUT2D eigenvalue weighted by molar-refractivity contribution is 0.171. The minimum Gasteiger partial charge on any atom is -0.383 e. The Labute approximate surface area is 102 Å². The summed E-state index contributed by atoms with van der Waals surface area (Å²) in [6, 6.07) is 6.39. The number of fused-ring (bicyclic) bond motifs is 1. The van der Waals surface area contributed by atoms with Crippen LogP contribution in [0.3, 0.4) is 0 Å². The van der Waals surface area contributed by atoms with Gasteiger partial charge in [-0.15, -0.1) is 0 Å². The fraction of sp³-hybridized carbons (Fsp3) is 0.462. The molecule has 0 radical (unpaired) electrons. The quantitative estimate of drug-likeness (QED) is 0.855. The van der Waals surface area contributed by atoms with Gasteiger partial charge < -0.3 is 14.5 Å². The Balaban J connectivity index is 2.15. The van der Waals surface area contributed by atoms with E-state index in [-0.39, 0.29) is 0 Å². The van der Waals surface area contributed by atoms with Crippen molar-refractivity contribution in [3.05, 3.63) is 35.8 Å². The number of methoxy groups -OCH3 is 1. The molecular formula is C13H19N3O. The number of imidazole rings is 1. The summed E-state index contributed by atoms with van der Waals surface area (Å²) in [5.41, 5.74) is 3.29. The highest BCUT2D eigenvalue weighted by atomic mass is 16.5. The van der Waals surface area contributed by atoms with Crippen molar-refractivity contribution < 1.29 is 4.74 Å². The first-order valence-corrected chi connectivity index (χ1v) is 5.87. The Morgan fingerprint density at radius 3 is 3.06 bits per heavy atom. The molecule has 92 valence electrons. The Morgan fingerprint density at radius 2 is 2.29 bits per heavy atom. The van der Waals surface area contributed by atoms with Crippen LogP contribution in [0.25, 0.3) is 5.65 Å². The lowest BCUT2D eigenvalue weighted by Crippen LogP contribution is -2.30. The number of rotatable bonds is 5. The van der Waals surface area contributed by atoms with Gasteiger partial charge in [-0.3, -0.25) is 0 Å². The minimum atomic E-state index is 0.341. The van der Waals surface area contributed by atoms with Gasteiger partial charge in [-0.2, -0.15) is 0 Å². The first-order valence-electron chi connectivity index (χ1n) is 5.87. The van der Waals surface area contributed by atoms with E-state index in [4.69, 9.17) is 4.74 Å². The van der Waals surface area contributed by atoms with E-state index in [1.165, 1.54) is 5.69 Å². The van der Waals surface area contributed by atoms with E-state index in [0.717, 1.165) is 24.5 Å². The molecule has 1 N–H and O–H groups in total. The van der Waals surface area contributed by atoms with Crippen molar-refractivity contribution in [2.24, 2.45) is 0 Å². The molecule has 1 atom stereocenters. The second kappa shape index (κ2) is 5.29. The highest BCUT2D eigenvalue weighted by Crippen LogP contribution is 2.11. The molecule has 2 aromatic rings. The van der Waals surface area contributed by atoms with Crippen LogP contribution in [0.15, 0.2) is 24.4 Å². The van der Waals surface area contributed by atoms with Crippen molar-refractivity contribution in [2.45, 2.75) is 26.4 Å². The Hall–Kier alpha value is -1.39. The highest BCUT2D eigenvalue weighted by molar-refractivity contribution is 5.42. The van der Waals surface area contributed by atoms with Gasteiger partial charge in [0, 0.05) is 25.9 Å². The van der Waals surface area contributed by atoms with Crippen LogP contribution in [-0.2, 0) is 11.3 Å². The molecule has 0 aliphatic heterocycles. The van der Waals surface area contributed by atoms with Gasteiger partial charge in [0.2, 0.25) is 0 Å². The van der Waals surface area contributed by atoms with Crippen LogP contribution < -0.4 is 5.32 Å². The predicted octanol–water partition coefficient (Wildman–Crippen LogP) is 1.77. The maximum absolute atomic E-state index is 5.11. The summed E-state index contributed by atoms with van der Waals surface area (Å²) in [5, 5.41) is 3.43. The van der Waals surface area contributed by atoms with Crippen molar-refractivity contribution in [1.82, 2.24) is 14.7 Å². The molecule has 17 heavy (non-hydrogen) atoms. The zero-order chi connectivity index (χ0) is 12.3. The van der Waals surface area contributed by atoms with Crippen LogP contribution in [0.5, 0.6) is 0 Å². The van der Waals surface area contributed by atoms with E-state index < -0.39 is 0 Å². The average molecular weight is 233 g/mol. The molecule has 0 aliphatic rings. The van der Waals surface area contributed by atoms with Crippen molar-refractivity contribution in [3.63, 3.8) is 0 Å². The first-order chi connectivity index (χ1) is 8.22. The largest absolute Gasteiger partial charge is 0.383 e. The van der Waals surface area contributed by atoms with Gasteiger partial charge in [-0.1, -0.05) is 6.07 Å². The number of nitrogens with one attached hydrogen (secondary N) is 1. The van der Waals surface area contributed by atoms with E-state index in [1.54, 1.807) is 7.11 Å². The van der Waals surface area contributed by atoms with Gasteiger partial charge >= 0.3 is 0 Å². The molecular weight excluding hydrogens is 214 g/mol. The lowest BCUT2D eigenvalue weighted by atomic mass is 10.3. The van der Waals surface area contributed by atoms with E-state index >= 15 is 0 Å². The van der Waals surface area contributed by atoms with Crippen LogP contribution >= 0.6 is 0 Å². The summed E-state index contributed by atoms with van der Waals surface area (Å²) in [6.45, 7) is 5.68. The molecule has 0 bridgehead atoms. The molecule has 0 saturated heterocycles.